The van der Waals surface area contributed by atoms with Gasteiger partial charge in [-0.25, -0.2) is 9.59 Å². The van der Waals surface area contributed by atoms with Crippen molar-refractivity contribution in [3.63, 3.8) is 0 Å². The molecule has 0 aliphatic heterocycles. The number of Topliss-reactive ketones (excluding diaryl/α,β-unsaturated/α-hetero) is 2. The van der Waals surface area contributed by atoms with E-state index in [9.17, 15) is 47.9 Å². The minimum absolute atomic E-state index is 0.00704. The van der Waals surface area contributed by atoms with Gasteiger partial charge in [0.2, 0.25) is 23.6 Å². The van der Waals surface area contributed by atoms with Crippen LogP contribution < -0.4 is 31.9 Å². The number of methoxy groups -OCH3 is 1. The van der Waals surface area contributed by atoms with Crippen LogP contribution in [0.15, 0.2) is 30.3 Å². The van der Waals surface area contributed by atoms with Crippen LogP contribution >= 0.6 is 0 Å². The molecule has 0 radical (unpaired) electrons. The first-order valence-electron chi connectivity index (χ1n) is 29.9. The molecule has 6 N–H and O–H groups in total. The summed E-state index contributed by atoms with van der Waals surface area (Å²) in [7, 11) is 1.70. The molecule has 0 aromatic heterocycles. The van der Waals surface area contributed by atoms with Gasteiger partial charge in [0.15, 0.2) is 5.78 Å². The number of amides is 8. The molecule has 8 amide bonds. The monoisotopic (exact) mass is 1210 g/mol. The molecule has 1 rings (SSSR count). The zero-order chi connectivity index (χ0) is 69.7. The van der Waals surface area contributed by atoms with Gasteiger partial charge in [0.1, 0.15) is 11.4 Å². The molecule has 1 aromatic carbocycles. The lowest BCUT2D eigenvalue weighted by Gasteiger charge is -2.21. The van der Waals surface area contributed by atoms with Crippen LogP contribution in [0.3, 0.4) is 0 Å². The summed E-state index contributed by atoms with van der Waals surface area (Å²) < 4.78 is 14.7. The Balaban J connectivity index is -0.000000132. The normalized spacial score (nSPS) is 10.7. The second-order valence-electron chi connectivity index (χ2n) is 26.6. The first-order valence-corrected chi connectivity index (χ1v) is 29.9. The third kappa shape index (κ3) is 80.4. The number of imide groups is 2. The fraction of sp³-hybridized carbons (Fsp3) is 0.758. The third-order valence-electron chi connectivity index (χ3n) is 8.98. The van der Waals surface area contributed by atoms with E-state index < -0.39 is 12.1 Å². The largest absolute Gasteiger partial charge is 0.463 e. The molecule has 0 fully saturated rings. The Hall–Kier alpha value is -5.72. The number of benzene rings is 1. The van der Waals surface area contributed by atoms with Gasteiger partial charge in [0, 0.05) is 71.3 Å². The van der Waals surface area contributed by atoms with Crippen molar-refractivity contribution >= 4 is 59.2 Å². The zero-order valence-electron chi connectivity index (χ0n) is 60.1. The van der Waals surface area contributed by atoms with Crippen molar-refractivity contribution in [1.82, 2.24) is 31.9 Å². The quantitative estimate of drug-likeness (QED) is 0.0793. The lowest BCUT2D eigenvalue weighted by atomic mass is 10.0. The van der Waals surface area contributed by atoms with Gasteiger partial charge < -0.3 is 35.5 Å². The Kier molecular flexibility index (Phi) is 57.9. The van der Waals surface area contributed by atoms with E-state index in [0.717, 1.165) is 5.56 Å². The summed E-state index contributed by atoms with van der Waals surface area (Å²) in [6, 6.07) is 8.83. The van der Waals surface area contributed by atoms with Crippen molar-refractivity contribution in [1.29, 1.82) is 0 Å². The van der Waals surface area contributed by atoms with Crippen LogP contribution in [0.1, 0.15) is 246 Å². The molecule has 19 heteroatoms. The summed E-state index contributed by atoms with van der Waals surface area (Å²) in [4.78, 5) is 109. The number of hydrogen-bond donors (Lipinski definition) is 6. The Morgan fingerprint density at radius 2 is 0.718 bits per heavy atom. The fourth-order valence-electron chi connectivity index (χ4n) is 3.87. The van der Waals surface area contributed by atoms with E-state index in [1.165, 1.54) is 0 Å². The van der Waals surface area contributed by atoms with E-state index in [1.807, 2.05) is 231 Å². The van der Waals surface area contributed by atoms with Gasteiger partial charge in [-0.3, -0.25) is 49.0 Å². The summed E-state index contributed by atoms with van der Waals surface area (Å²) in [6.45, 7) is 63.4. The first kappa shape index (κ1) is 95.6. The molecule has 0 saturated carbocycles. The van der Waals surface area contributed by atoms with E-state index in [0.29, 0.717) is 6.10 Å². The van der Waals surface area contributed by atoms with Gasteiger partial charge in [0.25, 0.3) is 0 Å². The Morgan fingerprint density at radius 1 is 0.388 bits per heavy atom. The maximum Gasteiger partial charge on any atom is 0.321 e. The van der Waals surface area contributed by atoms with Crippen molar-refractivity contribution in [2.75, 3.05) is 7.11 Å². The molecule has 500 valence electrons. The van der Waals surface area contributed by atoms with Crippen LogP contribution in [0.25, 0.3) is 0 Å². The topological polar surface area (TPSA) is 271 Å². The van der Waals surface area contributed by atoms with Gasteiger partial charge >= 0.3 is 24.0 Å². The fourth-order valence-corrected chi connectivity index (χ4v) is 3.87. The molecule has 0 heterocycles. The minimum Gasteiger partial charge on any atom is -0.463 e. The number of ketones is 2. The minimum atomic E-state index is -0.439. The van der Waals surface area contributed by atoms with Crippen molar-refractivity contribution in [3.05, 3.63) is 35.9 Å². The Labute approximate surface area is 518 Å². The van der Waals surface area contributed by atoms with E-state index in [2.05, 4.69) is 31.9 Å². The molecule has 19 nitrogen and oxygen atoms in total. The SMILES string of the molecule is CC(=O)C(C)C.CC(C)C(=O)NC(=O)NC(C)(C)C.CC(C)C(=O)NC(C)(C)C.CC(C)C(=O)OC(C)(C)C.CC(C)C(=O)c1ccccc1.CC(C)NC(=O)C(C)C.CC(C)NC(=O)NC(=O)C(C)C.CC(C)OC(=O)C(C)C.COC(C)C. The lowest BCUT2D eigenvalue weighted by molar-refractivity contribution is -0.158. The summed E-state index contributed by atoms with van der Waals surface area (Å²) in [6.07, 6.45) is 0.398. The molecule has 0 atom stereocenters. The van der Waals surface area contributed by atoms with Crippen LogP contribution in [0.5, 0.6) is 0 Å². The number of nitrogens with one attached hydrogen (secondary N) is 6. The van der Waals surface area contributed by atoms with Crippen molar-refractivity contribution in [2.24, 2.45) is 47.3 Å². The molecular weight excluding hydrogens is 1080 g/mol. The first-order chi connectivity index (χ1) is 38.0. The highest BCUT2D eigenvalue weighted by Crippen LogP contribution is 2.10. The summed E-state index contributed by atoms with van der Waals surface area (Å²) in [5.41, 5.74) is 0.0480. The number of hydrogen-bond acceptors (Lipinski definition) is 13. The molecule has 0 bridgehead atoms. The van der Waals surface area contributed by atoms with Crippen LogP contribution in [-0.2, 0) is 47.8 Å². The maximum absolute atomic E-state index is 11.3. The number of carbonyl (C=O) groups excluding carboxylic acids is 10. The van der Waals surface area contributed by atoms with Gasteiger partial charge in [-0.15, -0.1) is 0 Å². The highest BCUT2D eigenvalue weighted by Gasteiger charge is 2.19. The van der Waals surface area contributed by atoms with Gasteiger partial charge in [-0.2, -0.15) is 0 Å². The Morgan fingerprint density at radius 3 is 0.906 bits per heavy atom. The molecule has 0 spiro atoms. The predicted octanol–water partition coefficient (Wildman–Crippen LogP) is 13.2. The van der Waals surface area contributed by atoms with Crippen molar-refractivity contribution < 1.29 is 62.2 Å². The van der Waals surface area contributed by atoms with Gasteiger partial charge in [-0.1, -0.05) is 141 Å². The molecule has 0 aliphatic carbocycles. The highest BCUT2D eigenvalue weighted by molar-refractivity contribution is 5.97. The predicted molar refractivity (Wildman–Crippen MR) is 349 cm³/mol. The van der Waals surface area contributed by atoms with Crippen LogP contribution in [0, 0.1) is 47.3 Å². The smallest absolute Gasteiger partial charge is 0.321 e. The number of esters is 2. The lowest BCUT2D eigenvalue weighted by Crippen LogP contribution is -2.49. The van der Waals surface area contributed by atoms with E-state index in [-0.39, 0.29) is 129 Å². The van der Waals surface area contributed by atoms with E-state index in [4.69, 9.17) is 14.2 Å². The molecule has 85 heavy (non-hydrogen) atoms. The van der Waals surface area contributed by atoms with Gasteiger partial charge in [-0.05, 0) is 125 Å². The Bertz CT molecular complexity index is 1930. The summed E-state index contributed by atoms with van der Waals surface area (Å²) in [5.74, 6) is 0.0692. The number of carbonyl (C=O) groups is 10. The average Bonchev–Trinajstić information content (AvgIpc) is 3.30. The number of rotatable bonds is 13. The van der Waals surface area contributed by atoms with Crippen molar-refractivity contribution in [3.8, 4) is 0 Å². The zero-order valence-corrected chi connectivity index (χ0v) is 60.1. The highest BCUT2D eigenvalue weighted by atomic mass is 16.6. The second kappa shape index (κ2) is 51.5. The standard InChI is InChI=1S/C10H12O.C9H18N2O2.C8H16N2O2.C8H17NO.C8H16O2.C7H15NO.C7H14O2.C5H10O.C4H10O/c1-8(2)10(11)9-6-4-3-5-7-9;1-6(2)7(12)10-8(13)11-9(3,4)5;1-5(2)7(11)10-8(12)9-6(3)4;1-6(2)7(10)9-8(3,4)5;1-6(2)7(9)10-8(3,4)5;1-5(2)7(9)8-6(3)4;1-5(2)7(8)9-6(3)4;1-4(2)5(3)6;1-4(2)5-3/h3-8H,1-2H3;6H,1-5H3,(H2,10,11,12,13);5-6H,1-4H3,(H2,9,10,11,12);6H,1-5H3,(H,9,10);6H,1-5H3;5-6H,1-4H3,(H,8,9);5-6H,1-4H3;4H,1-3H3;4H,1-3H3. The molecule has 0 aliphatic rings. The summed E-state index contributed by atoms with van der Waals surface area (Å²) >= 11 is 0. The van der Waals surface area contributed by atoms with Crippen LogP contribution in [0.4, 0.5) is 9.59 Å². The van der Waals surface area contributed by atoms with Gasteiger partial charge in [0.05, 0.1) is 24.0 Å². The molecule has 0 saturated heterocycles. The van der Waals surface area contributed by atoms with Crippen molar-refractivity contribution in [2.45, 2.75) is 276 Å². The molecule has 1 aromatic rings. The van der Waals surface area contributed by atoms with E-state index >= 15 is 0 Å². The number of ether oxygens (including phenoxy) is 3. The maximum atomic E-state index is 11.3. The number of urea groups is 2. The molecule has 0 unspecified atom stereocenters. The third-order valence-corrected chi connectivity index (χ3v) is 8.98. The second-order valence-corrected chi connectivity index (χ2v) is 26.6. The molecular formula is C66H128N6O13. The van der Waals surface area contributed by atoms with Crippen LogP contribution in [0.2, 0.25) is 0 Å². The summed E-state index contributed by atoms with van der Waals surface area (Å²) in [5, 5.41) is 15.3. The van der Waals surface area contributed by atoms with E-state index in [1.54, 1.807) is 41.7 Å². The average molecular weight is 1210 g/mol. The van der Waals surface area contributed by atoms with Crippen LogP contribution in [-0.4, -0.2) is 107 Å².